The number of nitrogens with one attached hydrogen (secondary N) is 1. The first-order chi connectivity index (χ1) is 9.78. The summed E-state index contributed by atoms with van der Waals surface area (Å²) in [6, 6.07) is 5.35. The number of aromatic nitrogens is 2. The molecule has 1 aromatic heterocycles. The van der Waals surface area contributed by atoms with Gasteiger partial charge in [0.25, 0.3) is 0 Å². The van der Waals surface area contributed by atoms with Crippen molar-refractivity contribution in [3.63, 3.8) is 0 Å². The van der Waals surface area contributed by atoms with Crippen molar-refractivity contribution >= 4 is 16.7 Å². The summed E-state index contributed by atoms with van der Waals surface area (Å²) in [4.78, 5) is 10.8. The van der Waals surface area contributed by atoms with Gasteiger partial charge in [0.2, 0.25) is 0 Å². The Morgan fingerprint density at radius 2 is 2.20 bits per heavy atom. The molecule has 2 aromatic rings. The van der Waals surface area contributed by atoms with Crippen LogP contribution in [-0.4, -0.2) is 40.5 Å². The normalized spacial score (nSPS) is 14.9. The molecule has 20 heavy (non-hydrogen) atoms. The molecule has 1 aromatic carbocycles. The second kappa shape index (κ2) is 5.71. The van der Waals surface area contributed by atoms with Crippen LogP contribution in [0.4, 0.5) is 10.2 Å². The van der Waals surface area contributed by atoms with Crippen molar-refractivity contribution in [1.82, 2.24) is 14.9 Å². The van der Waals surface area contributed by atoms with Crippen LogP contribution in [0.1, 0.15) is 19.8 Å². The number of anilines is 1. The fraction of sp³-hybridized carbons (Fsp3) is 0.467. The Kier molecular flexibility index (Phi) is 3.78. The fourth-order valence-corrected chi connectivity index (χ4v) is 2.53. The molecule has 1 fully saturated rings. The van der Waals surface area contributed by atoms with Crippen LogP contribution in [0.15, 0.2) is 24.5 Å². The number of hydrogen-bond donors (Lipinski definition) is 1. The molecule has 0 atom stereocenters. The Hall–Kier alpha value is -1.75. The summed E-state index contributed by atoms with van der Waals surface area (Å²) >= 11 is 0. The highest BCUT2D eigenvalue weighted by Crippen LogP contribution is 2.26. The third-order valence-corrected chi connectivity index (χ3v) is 3.76. The first-order valence-electron chi connectivity index (χ1n) is 7.16. The first kappa shape index (κ1) is 13.2. The molecule has 0 bridgehead atoms. The van der Waals surface area contributed by atoms with Gasteiger partial charge in [-0.2, -0.15) is 0 Å². The van der Waals surface area contributed by atoms with Gasteiger partial charge in [-0.3, -0.25) is 4.90 Å². The van der Waals surface area contributed by atoms with Crippen molar-refractivity contribution in [1.29, 1.82) is 0 Å². The van der Waals surface area contributed by atoms with Gasteiger partial charge in [-0.15, -0.1) is 0 Å². The second-order valence-corrected chi connectivity index (χ2v) is 5.17. The molecule has 1 N–H and O–H groups in total. The maximum Gasteiger partial charge on any atom is 0.137 e. The summed E-state index contributed by atoms with van der Waals surface area (Å²) in [6.07, 6.45) is 4.14. The number of likely N-dealkylation sites (N-methyl/N-ethyl adjacent to an activating group) is 1. The van der Waals surface area contributed by atoms with Gasteiger partial charge in [0.05, 0.1) is 5.52 Å². The van der Waals surface area contributed by atoms with Crippen LogP contribution < -0.4 is 5.32 Å². The van der Waals surface area contributed by atoms with Crippen molar-refractivity contribution in [2.24, 2.45) is 0 Å². The molecule has 0 unspecified atom stereocenters. The van der Waals surface area contributed by atoms with Crippen molar-refractivity contribution in [2.75, 3.05) is 25.0 Å². The standard InChI is InChI=1S/C15H19FN4/c1-2-20(12-4-5-12)8-7-17-15-13-9-11(16)3-6-14(13)18-10-19-15/h3,6,9-10,12H,2,4-5,7-8H2,1H3,(H,17,18,19). The number of halogens is 1. The van der Waals surface area contributed by atoms with E-state index in [0.29, 0.717) is 5.82 Å². The van der Waals surface area contributed by atoms with Gasteiger partial charge < -0.3 is 5.32 Å². The molecule has 1 aliphatic rings. The van der Waals surface area contributed by atoms with Crippen LogP contribution >= 0.6 is 0 Å². The van der Waals surface area contributed by atoms with Crippen molar-refractivity contribution in [3.8, 4) is 0 Å². The van der Waals surface area contributed by atoms with Gasteiger partial charge in [-0.1, -0.05) is 6.92 Å². The predicted octanol–water partition coefficient (Wildman–Crippen LogP) is 2.67. The van der Waals surface area contributed by atoms with Gasteiger partial charge in [0, 0.05) is 24.5 Å². The van der Waals surface area contributed by atoms with Crippen molar-refractivity contribution < 1.29 is 4.39 Å². The third kappa shape index (κ3) is 2.88. The van der Waals surface area contributed by atoms with Crippen LogP contribution in [-0.2, 0) is 0 Å². The Balaban J connectivity index is 1.69. The molecule has 0 aliphatic heterocycles. The number of hydrogen-bond acceptors (Lipinski definition) is 4. The summed E-state index contributed by atoms with van der Waals surface area (Å²) in [6.45, 7) is 5.06. The average molecular weight is 274 g/mol. The van der Waals surface area contributed by atoms with E-state index in [0.717, 1.165) is 36.6 Å². The lowest BCUT2D eigenvalue weighted by atomic mass is 10.2. The maximum atomic E-state index is 13.3. The fourth-order valence-electron chi connectivity index (χ4n) is 2.53. The quantitative estimate of drug-likeness (QED) is 0.879. The topological polar surface area (TPSA) is 41.0 Å². The monoisotopic (exact) mass is 274 g/mol. The molecule has 0 saturated heterocycles. The summed E-state index contributed by atoms with van der Waals surface area (Å²) < 4.78 is 13.3. The molecule has 1 heterocycles. The number of fused-ring (bicyclic) bond motifs is 1. The van der Waals surface area contributed by atoms with E-state index < -0.39 is 0 Å². The molecule has 3 rings (SSSR count). The van der Waals surface area contributed by atoms with Crippen LogP contribution in [0.25, 0.3) is 10.9 Å². The SMILES string of the molecule is CCN(CCNc1ncnc2ccc(F)cc12)C1CC1. The zero-order valence-electron chi connectivity index (χ0n) is 11.6. The van der Waals surface area contributed by atoms with E-state index in [-0.39, 0.29) is 5.82 Å². The lowest BCUT2D eigenvalue weighted by Crippen LogP contribution is -2.31. The van der Waals surface area contributed by atoms with Crippen LogP contribution in [0, 0.1) is 5.82 Å². The van der Waals surface area contributed by atoms with E-state index in [1.165, 1.54) is 31.3 Å². The molecule has 0 spiro atoms. The highest BCUT2D eigenvalue weighted by atomic mass is 19.1. The Morgan fingerprint density at radius 3 is 2.95 bits per heavy atom. The van der Waals surface area contributed by atoms with Gasteiger partial charge in [0.15, 0.2) is 0 Å². The largest absolute Gasteiger partial charge is 0.368 e. The second-order valence-electron chi connectivity index (χ2n) is 5.17. The van der Waals surface area contributed by atoms with Crippen molar-refractivity contribution in [3.05, 3.63) is 30.3 Å². The molecule has 0 radical (unpaired) electrons. The number of rotatable bonds is 6. The number of nitrogens with zero attached hydrogens (tertiary/aromatic N) is 3. The molecule has 1 aliphatic carbocycles. The zero-order chi connectivity index (χ0) is 13.9. The van der Waals surface area contributed by atoms with E-state index in [1.807, 2.05) is 0 Å². The van der Waals surface area contributed by atoms with Gasteiger partial charge in [-0.05, 0) is 37.6 Å². The van der Waals surface area contributed by atoms with E-state index in [9.17, 15) is 4.39 Å². The Bertz CT molecular complexity index is 597. The Morgan fingerprint density at radius 1 is 1.35 bits per heavy atom. The summed E-state index contributed by atoms with van der Waals surface area (Å²) in [5.41, 5.74) is 0.762. The lowest BCUT2D eigenvalue weighted by Gasteiger charge is -2.20. The van der Waals surface area contributed by atoms with Crippen LogP contribution in [0.2, 0.25) is 0 Å². The van der Waals surface area contributed by atoms with E-state index >= 15 is 0 Å². The Labute approximate surface area is 118 Å². The summed E-state index contributed by atoms with van der Waals surface area (Å²) in [5.74, 6) is 0.449. The van der Waals surface area contributed by atoms with Gasteiger partial charge >= 0.3 is 0 Å². The minimum Gasteiger partial charge on any atom is -0.368 e. The molecule has 5 heteroatoms. The molecule has 0 amide bonds. The highest BCUT2D eigenvalue weighted by Gasteiger charge is 2.27. The molecule has 1 saturated carbocycles. The molecular formula is C15H19FN4. The van der Waals surface area contributed by atoms with Crippen LogP contribution in [0.5, 0.6) is 0 Å². The molecular weight excluding hydrogens is 255 g/mol. The van der Waals surface area contributed by atoms with Crippen LogP contribution in [0.3, 0.4) is 0 Å². The first-order valence-corrected chi connectivity index (χ1v) is 7.16. The summed E-state index contributed by atoms with van der Waals surface area (Å²) in [5, 5.41) is 4.04. The predicted molar refractivity (Wildman–Crippen MR) is 78.3 cm³/mol. The minimum atomic E-state index is -0.261. The van der Waals surface area contributed by atoms with Gasteiger partial charge in [0.1, 0.15) is 18.0 Å². The van der Waals surface area contributed by atoms with E-state index in [1.54, 1.807) is 6.07 Å². The lowest BCUT2D eigenvalue weighted by molar-refractivity contribution is 0.289. The third-order valence-electron chi connectivity index (χ3n) is 3.76. The maximum absolute atomic E-state index is 13.3. The molecule has 4 nitrogen and oxygen atoms in total. The average Bonchev–Trinajstić information content (AvgIpc) is 3.28. The van der Waals surface area contributed by atoms with E-state index in [2.05, 4.69) is 27.1 Å². The molecule has 106 valence electrons. The number of benzene rings is 1. The van der Waals surface area contributed by atoms with Gasteiger partial charge in [-0.25, -0.2) is 14.4 Å². The highest BCUT2D eigenvalue weighted by molar-refractivity contribution is 5.88. The van der Waals surface area contributed by atoms with E-state index in [4.69, 9.17) is 0 Å². The summed E-state index contributed by atoms with van der Waals surface area (Å²) in [7, 11) is 0. The smallest absolute Gasteiger partial charge is 0.137 e. The zero-order valence-corrected chi connectivity index (χ0v) is 11.6. The van der Waals surface area contributed by atoms with Crippen molar-refractivity contribution in [2.45, 2.75) is 25.8 Å². The minimum absolute atomic E-state index is 0.261.